The van der Waals surface area contributed by atoms with Crippen LogP contribution in [0, 0.1) is 17.6 Å². The quantitative estimate of drug-likeness (QED) is 0.698. The minimum absolute atomic E-state index is 0. The van der Waals surface area contributed by atoms with Crippen LogP contribution in [-0.2, 0) is 4.79 Å². The highest BCUT2D eigenvalue weighted by Gasteiger charge is 2.31. The molecule has 28 heavy (non-hydrogen) atoms. The molecule has 1 aliphatic rings. The van der Waals surface area contributed by atoms with Crippen molar-refractivity contribution in [1.82, 2.24) is 4.90 Å². The van der Waals surface area contributed by atoms with Crippen molar-refractivity contribution in [2.45, 2.75) is 36.0 Å². The molecular formula is C21H25ClF2N2OS. The van der Waals surface area contributed by atoms with Gasteiger partial charge < -0.3 is 10.6 Å². The summed E-state index contributed by atoms with van der Waals surface area (Å²) in [5, 5.41) is -0.511. The highest BCUT2D eigenvalue weighted by Crippen LogP contribution is 2.38. The number of rotatable bonds is 5. The smallest absolute Gasteiger partial charge is 0.240 e. The molecule has 0 aliphatic carbocycles. The fourth-order valence-electron chi connectivity index (χ4n) is 3.38. The number of hydrogen-bond acceptors (Lipinski definition) is 3. The average Bonchev–Trinajstić information content (AvgIpc) is 2.69. The van der Waals surface area contributed by atoms with E-state index in [-0.39, 0.29) is 30.3 Å². The summed E-state index contributed by atoms with van der Waals surface area (Å²) >= 11 is 1.25. The molecule has 1 saturated heterocycles. The molecule has 2 aromatic rings. The Morgan fingerprint density at radius 2 is 1.89 bits per heavy atom. The average molecular weight is 427 g/mol. The van der Waals surface area contributed by atoms with Gasteiger partial charge in [0.15, 0.2) is 11.6 Å². The first-order valence-electron chi connectivity index (χ1n) is 9.16. The van der Waals surface area contributed by atoms with Gasteiger partial charge in [-0.3, -0.25) is 4.79 Å². The maximum atomic E-state index is 13.6. The van der Waals surface area contributed by atoms with Crippen LogP contribution in [0.25, 0.3) is 0 Å². The van der Waals surface area contributed by atoms with Gasteiger partial charge in [-0.25, -0.2) is 8.78 Å². The summed E-state index contributed by atoms with van der Waals surface area (Å²) in [6.45, 7) is 3.31. The van der Waals surface area contributed by atoms with Gasteiger partial charge in [0.25, 0.3) is 0 Å². The maximum absolute atomic E-state index is 13.6. The summed E-state index contributed by atoms with van der Waals surface area (Å²) in [6, 6.07) is 13.2. The van der Waals surface area contributed by atoms with Crippen LogP contribution in [0.1, 0.15) is 30.6 Å². The topological polar surface area (TPSA) is 46.3 Å². The standard InChI is InChI=1S/C21H24F2N2OS.ClH/c1-14(24)16-8-5-11-25(13-16)21(26)20(15-6-3-2-4-7-15)27-17-9-10-18(22)19(23)12-17;/h2-4,6-7,9-10,12,14,16,20H,5,8,11,13,24H2,1H3;1H. The Hall–Kier alpha value is -1.63. The molecular weight excluding hydrogens is 402 g/mol. The molecule has 0 saturated carbocycles. The molecule has 1 aliphatic heterocycles. The monoisotopic (exact) mass is 426 g/mol. The van der Waals surface area contributed by atoms with E-state index < -0.39 is 16.9 Å². The van der Waals surface area contributed by atoms with E-state index in [0.29, 0.717) is 18.0 Å². The van der Waals surface area contributed by atoms with Gasteiger partial charge in [0.2, 0.25) is 5.91 Å². The maximum Gasteiger partial charge on any atom is 0.240 e. The highest BCUT2D eigenvalue weighted by atomic mass is 35.5. The fraction of sp³-hybridized carbons (Fsp3) is 0.381. The van der Waals surface area contributed by atoms with Crippen molar-refractivity contribution in [3.63, 3.8) is 0 Å². The number of nitrogens with two attached hydrogens (primary N) is 1. The molecule has 7 heteroatoms. The lowest BCUT2D eigenvalue weighted by atomic mass is 9.92. The fourth-order valence-corrected chi connectivity index (χ4v) is 4.51. The van der Waals surface area contributed by atoms with E-state index in [1.165, 1.54) is 17.8 Å². The Kier molecular flexibility index (Phi) is 8.28. The molecule has 0 radical (unpaired) electrons. The van der Waals surface area contributed by atoms with Crippen molar-refractivity contribution in [3.05, 3.63) is 65.7 Å². The van der Waals surface area contributed by atoms with Gasteiger partial charge in [-0.1, -0.05) is 30.3 Å². The predicted octanol–water partition coefficient (Wildman–Crippen LogP) is 4.81. The van der Waals surface area contributed by atoms with Crippen LogP contribution < -0.4 is 5.73 Å². The van der Waals surface area contributed by atoms with Crippen LogP contribution in [0.5, 0.6) is 0 Å². The van der Waals surface area contributed by atoms with Gasteiger partial charge in [-0.2, -0.15) is 0 Å². The number of nitrogens with zero attached hydrogens (tertiary/aromatic N) is 1. The van der Waals surface area contributed by atoms with Gasteiger partial charge in [0, 0.05) is 24.0 Å². The number of halogens is 3. The van der Waals surface area contributed by atoms with E-state index in [9.17, 15) is 13.6 Å². The van der Waals surface area contributed by atoms with Gasteiger partial charge in [0.1, 0.15) is 5.25 Å². The molecule has 1 amide bonds. The highest BCUT2D eigenvalue weighted by molar-refractivity contribution is 8.00. The molecule has 1 fully saturated rings. The van der Waals surface area contributed by atoms with Crippen molar-refractivity contribution in [2.75, 3.05) is 13.1 Å². The van der Waals surface area contributed by atoms with Crippen LogP contribution in [0.4, 0.5) is 8.78 Å². The van der Waals surface area contributed by atoms with Crippen LogP contribution in [0.3, 0.4) is 0 Å². The number of piperidine rings is 1. The van der Waals surface area contributed by atoms with Gasteiger partial charge >= 0.3 is 0 Å². The lowest BCUT2D eigenvalue weighted by molar-refractivity contribution is -0.132. The van der Waals surface area contributed by atoms with E-state index >= 15 is 0 Å². The molecule has 3 unspecified atom stereocenters. The SMILES string of the molecule is CC(N)C1CCCN(C(=O)C(Sc2ccc(F)c(F)c2)c2ccccc2)C1.Cl. The summed E-state index contributed by atoms with van der Waals surface area (Å²) < 4.78 is 26.9. The third-order valence-corrected chi connectivity index (χ3v) is 6.22. The Morgan fingerprint density at radius 3 is 2.54 bits per heavy atom. The molecule has 2 N–H and O–H groups in total. The molecule has 1 heterocycles. The Bertz CT molecular complexity index is 791. The van der Waals surface area contributed by atoms with Crippen molar-refractivity contribution < 1.29 is 13.6 Å². The molecule has 152 valence electrons. The van der Waals surface area contributed by atoms with Crippen LogP contribution in [0.15, 0.2) is 53.4 Å². The van der Waals surface area contributed by atoms with Crippen molar-refractivity contribution in [3.8, 4) is 0 Å². The Labute approximate surface area is 175 Å². The molecule has 3 atom stereocenters. The minimum atomic E-state index is -0.908. The molecule has 3 nitrogen and oxygen atoms in total. The van der Waals surface area contributed by atoms with E-state index in [4.69, 9.17) is 5.73 Å². The minimum Gasteiger partial charge on any atom is -0.341 e. The summed E-state index contributed by atoms with van der Waals surface area (Å²) in [6.07, 6.45) is 1.95. The zero-order valence-electron chi connectivity index (χ0n) is 15.7. The van der Waals surface area contributed by atoms with Gasteiger partial charge in [-0.05, 0) is 49.4 Å². The number of benzene rings is 2. The number of carbonyl (C=O) groups excluding carboxylic acids is 1. The summed E-state index contributed by atoms with van der Waals surface area (Å²) in [4.78, 5) is 15.7. The molecule has 2 aromatic carbocycles. The van der Waals surface area contributed by atoms with Crippen LogP contribution >= 0.6 is 24.2 Å². The lowest BCUT2D eigenvalue weighted by Gasteiger charge is -2.36. The van der Waals surface area contributed by atoms with Crippen LogP contribution in [0.2, 0.25) is 0 Å². The predicted molar refractivity (Wildman–Crippen MR) is 112 cm³/mol. The molecule has 0 aromatic heterocycles. The Balaban J connectivity index is 0.00000280. The molecule has 0 spiro atoms. The van der Waals surface area contributed by atoms with Crippen molar-refractivity contribution in [2.24, 2.45) is 11.7 Å². The first-order chi connectivity index (χ1) is 13.0. The van der Waals surface area contributed by atoms with Crippen LogP contribution in [-0.4, -0.2) is 29.9 Å². The largest absolute Gasteiger partial charge is 0.341 e. The van der Waals surface area contributed by atoms with Gasteiger partial charge in [-0.15, -0.1) is 24.2 Å². The normalized spacial score (nSPS) is 18.9. The van der Waals surface area contributed by atoms with E-state index in [1.807, 2.05) is 42.2 Å². The summed E-state index contributed by atoms with van der Waals surface area (Å²) in [5.41, 5.74) is 6.90. The molecule has 0 bridgehead atoms. The number of likely N-dealkylation sites (tertiary alicyclic amines) is 1. The first-order valence-corrected chi connectivity index (χ1v) is 10.0. The third kappa shape index (κ3) is 5.46. The third-order valence-electron chi connectivity index (χ3n) is 4.98. The van der Waals surface area contributed by atoms with Crippen molar-refractivity contribution >= 4 is 30.1 Å². The number of amides is 1. The second kappa shape index (κ2) is 10.2. The number of carbonyl (C=O) groups is 1. The first kappa shape index (κ1) is 22.7. The van der Waals surface area contributed by atoms with Gasteiger partial charge in [0.05, 0.1) is 0 Å². The number of hydrogen-bond donors (Lipinski definition) is 1. The lowest BCUT2D eigenvalue weighted by Crippen LogP contribution is -2.46. The zero-order valence-corrected chi connectivity index (χ0v) is 17.3. The van der Waals surface area contributed by atoms with E-state index in [0.717, 1.165) is 30.5 Å². The summed E-state index contributed by atoms with van der Waals surface area (Å²) in [7, 11) is 0. The molecule has 3 rings (SSSR count). The van der Waals surface area contributed by atoms with E-state index in [2.05, 4.69) is 0 Å². The Morgan fingerprint density at radius 1 is 1.18 bits per heavy atom. The van der Waals surface area contributed by atoms with E-state index in [1.54, 1.807) is 0 Å². The number of thioether (sulfide) groups is 1. The summed E-state index contributed by atoms with van der Waals surface area (Å²) in [5.74, 6) is -1.53. The zero-order chi connectivity index (χ0) is 19.4. The second-order valence-electron chi connectivity index (χ2n) is 7.03. The van der Waals surface area contributed by atoms with Crippen molar-refractivity contribution in [1.29, 1.82) is 0 Å². The second-order valence-corrected chi connectivity index (χ2v) is 8.21.